The van der Waals surface area contributed by atoms with E-state index >= 15 is 0 Å². The molecule has 2 rings (SSSR count). The van der Waals surface area contributed by atoms with Crippen LogP contribution in [0.1, 0.15) is 11.1 Å². The molecule has 0 aliphatic rings. The number of carbonyl (C=O) groups is 1. The molecule has 2 aromatic rings. The second-order valence-corrected chi connectivity index (χ2v) is 5.52. The predicted octanol–water partition coefficient (Wildman–Crippen LogP) is 4.03. The Morgan fingerprint density at radius 2 is 1.86 bits per heavy atom. The summed E-state index contributed by atoms with van der Waals surface area (Å²) in [4.78, 5) is 11.8. The molecule has 0 fully saturated rings. The molecule has 0 atom stereocenters. The Hall–Kier alpha value is -1.55. The number of benzene rings is 2. The zero-order chi connectivity index (χ0) is 15.2. The lowest BCUT2D eigenvalue weighted by Gasteiger charge is -2.09. The third-order valence-electron chi connectivity index (χ3n) is 3.01. The number of carbonyl (C=O) groups excluding carboxylic acids is 1. The summed E-state index contributed by atoms with van der Waals surface area (Å²) in [6, 6.07) is 13.0. The Labute approximate surface area is 134 Å². The van der Waals surface area contributed by atoms with Crippen LogP contribution in [0.3, 0.4) is 0 Å². The minimum absolute atomic E-state index is 0.123. The van der Waals surface area contributed by atoms with E-state index in [0.29, 0.717) is 22.3 Å². The highest BCUT2D eigenvalue weighted by molar-refractivity contribution is 6.31. The Morgan fingerprint density at radius 1 is 1.10 bits per heavy atom. The Morgan fingerprint density at radius 3 is 2.57 bits per heavy atom. The van der Waals surface area contributed by atoms with E-state index in [-0.39, 0.29) is 12.5 Å². The molecule has 1 amide bonds. The van der Waals surface area contributed by atoms with Gasteiger partial charge in [-0.1, -0.05) is 47.5 Å². The van der Waals surface area contributed by atoms with Crippen LogP contribution in [0.15, 0.2) is 42.5 Å². The van der Waals surface area contributed by atoms with E-state index in [4.69, 9.17) is 23.2 Å². The Kier molecular flexibility index (Phi) is 5.62. The molecule has 0 unspecified atom stereocenters. The summed E-state index contributed by atoms with van der Waals surface area (Å²) in [5.74, 6) is -0.123. The molecule has 3 nitrogen and oxygen atoms in total. The molecule has 0 aromatic heterocycles. The first-order valence-electron chi connectivity index (χ1n) is 6.56. The monoisotopic (exact) mass is 322 g/mol. The fourth-order valence-electron chi connectivity index (χ4n) is 1.83. The number of nitrogens with one attached hydrogen (secondary N) is 2. The van der Waals surface area contributed by atoms with Gasteiger partial charge in [-0.05, 0) is 36.2 Å². The molecule has 0 saturated carbocycles. The molecule has 0 bridgehead atoms. The van der Waals surface area contributed by atoms with Crippen molar-refractivity contribution in [3.05, 3.63) is 63.6 Å². The topological polar surface area (TPSA) is 41.1 Å². The first-order chi connectivity index (χ1) is 10.1. The minimum atomic E-state index is -0.123. The van der Waals surface area contributed by atoms with Crippen molar-refractivity contribution in [1.29, 1.82) is 0 Å². The smallest absolute Gasteiger partial charge is 0.238 e. The zero-order valence-corrected chi connectivity index (χ0v) is 13.1. The molecule has 110 valence electrons. The van der Waals surface area contributed by atoms with E-state index in [1.165, 1.54) is 0 Å². The third kappa shape index (κ3) is 4.74. The van der Waals surface area contributed by atoms with Crippen molar-refractivity contribution in [1.82, 2.24) is 5.32 Å². The fraction of sp³-hybridized carbons (Fsp3) is 0.188. The standard InChI is InChI=1S/C16H16Cl2N2O/c1-11-6-7-13(8-15(11)18)20-16(21)10-19-9-12-4-2-3-5-14(12)17/h2-8,19H,9-10H2,1H3,(H,20,21). The number of aryl methyl sites for hydroxylation is 1. The highest BCUT2D eigenvalue weighted by atomic mass is 35.5. The van der Waals surface area contributed by atoms with Crippen LogP contribution in [0.5, 0.6) is 0 Å². The summed E-state index contributed by atoms with van der Waals surface area (Å²) in [5, 5.41) is 7.18. The third-order valence-corrected chi connectivity index (χ3v) is 3.79. The van der Waals surface area contributed by atoms with E-state index in [1.807, 2.05) is 43.3 Å². The average molecular weight is 323 g/mol. The quantitative estimate of drug-likeness (QED) is 0.872. The molecular weight excluding hydrogens is 307 g/mol. The second-order valence-electron chi connectivity index (χ2n) is 4.71. The number of anilines is 1. The highest BCUT2D eigenvalue weighted by Gasteiger charge is 2.04. The van der Waals surface area contributed by atoms with Crippen LogP contribution in [0.4, 0.5) is 5.69 Å². The maximum absolute atomic E-state index is 11.8. The summed E-state index contributed by atoms with van der Waals surface area (Å²) < 4.78 is 0. The maximum atomic E-state index is 11.8. The number of halogens is 2. The SMILES string of the molecule is Cc1ccc(NC(=O)CNCc2ccccc2Cl)cc1Cl. The van der Waals surface area contributed by atoms with Gasteiger partial charge >= 0.3 is 0 Å². The molecule has 0 aliphatic carbocycles. The van der Waals surface area contributed by atoms with Crippen LogP contribution < -0.4 is 10.6 Å². The van der Waals surface area contributed by atoms with E-state index in [1.54, 1.807) is 6.07 Å². The van der Waals surface area contributed by atoms with Crippen molar-refractivity contribution in [2.45, 2.75) is 13.5 Å². The first-order valence-corrected chi connectivity index (χ1v) is 7.32. The molecule has 0 spiro atoms. The van der Waals surface area contributed by atoms with Gasteiger partial charge in [0.2, 0.25) is 5.91 Å². The van der Waals surface area contributed by atoms with Crippen LogP contribution >= 0.6 is 23.2 Å². The lowest BCUT2D eigenvalue weighted by atomic mass is 10.2. The van der Waals surface area contributed by atoms with E-state index in [0.717, 1.165) is 11.1 Å². The van der Waals surface area contributed by atoms with Gasteiger partial charge in [0.05, 0.1) is 6.54 Å². The molecule has 0 radical (unpaired) electrons. The van der Waals surface area contributed by atoms with Crippen LogP contribution in [-0.2, 0) is 11.3 Å². The Bertz CT molecular complexity index is 644. The molecule has 0 heterocycles. The molecule has 0 aliphatic heterocycles. The molecule has 0 saturated heterocycles. The Balaban J connectivity index is 1.82. The largest absolute Gasteiger partial charge is 0.325 e. The average Bonchev–Trinajstić information content (AvgIpc) is 2.45. The lowest BCUT2D eigenvalue weighted by Crippen LogP contribution is -2.27. The summed E-state index contributed by atoms with van der Waals surface area (Å²) in [7, 11) is 0. The number of amides is 1. The highest BCUT2D eigenvalue weighted by Crippen LogP contribution is 2.19. The van der Waals surface area contributed by atoms with Crippen molar-refractivity contribution in [3.63, 3.8) is 0 Å². The fourth-order valence-corrected chi connectivity index (χ4v) is 2.21. The summed E-state index contributed by atoms with van der Waals surface area (Å²) in [6.45, 7) is 2.66. The molecular formula is C16H16Cl2N2O. The lowest BCUT2D eigenvalue weighted by molar-refractivity contribution is -0.115. The van der Waals surface area contributed by atoms with Crippen molar-refractivity contribution in [2.75, 3.05) is 11.9 Å². The summed E-state index contributed by atoms with van der Waals surface area (Å²) >= 11 is 12.1. The van der Waals surface area contributed by atoms with Gasteiger partial charge in [0.1, 0.15) is 0 Å². The number of rotatable bonds is 5. The van der Waals surface area contributed by atoms with Gasteiger partial charge in [0, 0.05) is 22.3 Å². The van der Waals surface area contributed by atoms with Crippen LogP contribution in [0, 0.1) is 6.92 Å². The van der Waals surface area contributed by atoms with Gasteiger partial charge in [0.15, 0.2) is 0 Å². The van der Waals surface area contributed by atoms with Crippen molar-refractivity contribution in [2.24, 2.45) is 0 Å². The predicted molar refractivity (Wildman–Crippen MR) is 88.0 cm³/mol. The molecule has 2 N–H and O–H groups in total. The molecule has 2 aromatic carbocycles. The molecule has 5 heteroatoms. The number of hydrogen-bond acceptors (Lipinski definition) is 2. The van der Waals surface area contributed by atoms with Gasteiger partial charge in [-0.3, -0.25) is 4.79 Å². The van der Waals surface area contributed by atoms with Gasteiger partial charge in [0.25, 0.3) is 0 Å². The first kappa shape index (κ1) is 15.8. The molecule has 21 heavy (non-hydrogen) atoms. The van der Waals surface area contributed by atoms with Crippen molar-refractivity contribution in [3.8, 4) is 0 Å². The van der Waals surface area contributed by atoms with Crippen LogP contribution in [0.2, 0.25) is 10.0 Å². The van der Waals surface area contributed by atoms with E-state index in [2.05, 4.69) is 10.6 Å². The van der Waals surface area contributed by atoms with Gasteiger partial charge in [-0.15, -0.1) is 0 Å². The normalized spacial score (nSPS) is 10.4. The minimum Gasteiger partial charge on any atom is -0.325 e. The van der Waals surface area contributed by atoms with Crippen LogP contribution in [-0.4, -0.2) is 12.5 Å². The van der Waals surface area contributed by atoms with Gasteiger partial charge < -0.3 is 10.6 Å². The second kappa shape index (κ2) is 7.46. The van der Waals surface area contributed by atoms with E-state index in [9.17, 15) is 4.79 Å². The van der Waals surface area contributed by atoms with Gasteiger partial charge in [-0.2, -0.15) is 0 Å². The van der Waals surface area contributed by atoms with Crippen LogP contribution in [0.25, 0.3) is 0 Å². The number of hydrogen-bond donors (Lipinski definition) is 2. The van der Waals surface area contributed by atoms with Crippen molar-refractivity contribution < 1.29 is 4.79 Å². The van der Waals surface area contributed by atoms with E-state index < -0.39 is 0 Å². The maximum Gasteiger partial charge on any atom is 0.238 e. The summed E-state index contributed by atoms with van der Waals surface area (Å²) in [6.07, 6.45) is 0. The van der Waals surface area contributed by atoms with Crippen molar-refractivity contribution >= 4 is 34.8 Å². The summed E-state index contributed by atoms with van der Waals surface area (Å²) in [5.41, 5.74) is 2.63. The van der Waals surface area contributed by atoms with Gasteiger partial charge in [-0.25, -0.2) is 0 Å². The zero-order valence-electron chi connectivity index (χ0n) is 11.6.